The first-order chi connectivity index (χ1) is 14.4. The van der Waals surface area contributed by atoms with Gasteiger partial charge >= 0.3 is 11.9 Å². The number of esters is 1. The Kier molecular flexibility index (Phi) is 6.65. The van der Waals surface area contributed by atoms with E-state index >= 15 is 0 Å². The number of unbranched alkanes of at least 4 members (excludes halogenated alkanes) is 2. The topological polar surface area (TPSA) is 86.0 Å². The lowest BCUT2D eigenvalue weighted by atomic mass is 9.92. The molecule has 0 atom stereocenters. The minimum Gasteiger partial charge on any atom is -0.497 e. The Morgan fingerprint density at radius 1 is 1.00 bits per heavy atom. The van der Waals surface area contributed by atoms with Crippen LogP contribution in [0.5, 0.6) is 11.5 Å². The van der Waals surface area contributed by atoms with Gasteiger partial charge in [0.2, 0.25) is 0 Å². The molecule has 160 valence electrons. The van der Waals surface area contributed by atoms with Crippen molar-refractivity contribution in [1.82, 2.24) is 0 Å². The van der Waals surface area contributed by atoms with E-state index in [2.05, 4.69) is 13.8 Å². The smallest absolute Gasteiger partial charge is 0.339 e. The van der Waals surface area contributed by atoms with Crippen LogP contribution in [0, 0.1) is 0 Å². The van der Waals surface area contributed by atoms with Crippen LogP contribution in [0.2, 0.25) is 0 Å². The summed E-state index contributed by atoms with van der Waals surface area (Å²) in [5, 5.41) is 11.7. The van der Waals surface area contributed by atoms with Crippen molar-refractivity contribution in [2.45, 2.75) is 59.3 Å². The fourth-order valence-electron chi connectivity index (χ4n) is 4.02. The number of carboxylic acid groups (broad SMARTS) is 1. The molecular formula is C24H28O6. The van der Waals surface area contributed by atoms with Gasteiger partial charge in [-0.25, -0.2) is 4.79 Å². The summed E-state index contributed by atoms with van der Waals surface area (Å²) in [6, 6.07) is 5.32. The number of fused-ring (bicyclic) bond motifs is 3. The van der Waals surface area contributed by atoms with Crippen molar-refractivity contribution >= 4 is 33.9 Å². The van der Waals surface area contributed by atoms with Crippen LogP contribution in [0.25, 0.3) is 21.9 Å². The van der Waals surface area contributed by atoms with Gasteiger partial charge in [-0.15, -0.1) is 0 Å². The molecule has 0 amide bonds. The molecule has 0 fully saturated rings. The molecule has 30 heavy (non-hydrogen) atoms. The van der Waals surface area contributed by atoms with Crippen molar-refractivity contribution < 1.29 is 28.6 Å². The van der Waals surface area contributed by atoms with Crippen LogP contribution >= 0.6 is 0 Å². The Labute approximate surface area is 175 Å². The number of furan rings is 1. The van der Waals surface area contributed by atoms with Gasteiger partial charge in [0.05, 0.1) is 7.11 Å². The van der Waals surface area contributed by atoms with E-state index in [0.29, 0.717) is 28.9 Å². The summed E-state index contributed by atoms with van der Waals surface area (Å²) in [5.41, 5.74) is 2.91. The summed E-state index contributed by atoms with van der Waals surface area (Å²) in [4.78, 5) is 23.9. The number of methoxy groups -OCH3 is 1. The van der Waals surface area contributed by atoms with E-state index in [1.807, 2.05) is 12.1 Å². The molecule has 1 heterocycles. The third-order valence-corrected chi connectivity index (χ3v) is 5.24. The monoisotopic (exact) mass is 412 g/mol. The highest BCUT2D eigenvalue weighted by molar-refractivity contribution is 6.13. The zero-order valence-electron chi connectivity index (χ0n) is 18.0. The van der Waals surface area contributed by atoms with Gasteiger partial charge in [0.15, 0.2) is 0 Å². The molecule has 0 aliphatic carbocycles. The number of hydrogen-bond donors (Lipinski definition) is 1. The second kappa shape index (κ2) is 9.20. The van der Waals surface area contributed by atoms with Crippen LogP contribution in [-0.2, 0) is 17.6 Å². The van der Waals surface area contributed by atoms with Crippen LogP contribution in [0.4, 0.5) is 0 Å². The van der Waals surface area contributed by atoms with Crippen molar-refractivity contribution in [1.29, 1.82) is 0 Å². The number of carbonyl (C=O) groups is 2. The molecule has 0 saturated heterocycles. The molecule has 0 bridgehead atoms. The Hall–Kier alpha value is -3.02. The van der Waals surface area contributed by atoms with Crippen molar-refractivity contribution in [2.75, 3.05) is 7.11 Å². The van der Waals surface area contributed by atoms with Gasteiger partial charge in [-0.1, -0.05) is 33.1 Å². The zero-order valence-corrected chi connectivity index (χ0v) is 18.0. The number of aryl methyl sites for hydroxylation is 2. The number of carboxylic acids is 1. The molecule has 1 aromatic heterocycles. The summed E-state index contributed by atoms with van der Waals surface area (Å²) in [6.45, 7) is 5.45. The minimum absolute atomic E-state index is 0.0251. The summed E-state index contributed by atoms with van der Waals surface area (Å²) in [5.74, 6) is -0.964. The van der Waals surface area contributed by atoms with E-state index in [-0.39, 0.29) is 11.3 Å². The lowest BCUT2D eigenvalue weighted by Gasteiger charge is -2.13. The second-order valence-corrected chi connectivity index (χ2v) is 7.47. The fourth-order valence-corrected chi connectivity index (χ4v) is 4.02. The van der Waals surface area contributed by atoms with E-state index in [4.69, 9.17) is 13.9 Å². The quantitative estimate of drug-likeness (QED) is 0.267. The highest BCUT2D eigenvalue weighted by Crippen LogP contribution is 2.41. The molecule has 2 aromatic carbocycles. The Morgan fingerprint density at radius 2 is 1.73 bits per heavy atom. The first-order valence-electron chi connectivity index (χ1n) is 10.4. The van der Waals surface area contributed by atoms with Crippen LogP contribution < -0.4 is 9.47 Å². The van der Waals surface area contributed by atoms with E-state index in [9.17, 15) is 14.7 Å². The normalized spacial score (nSPS) is 11.2. The number of benzene rings is 2. The molecule has 6 heteroatoms. The van der Waals surface area contributed by atoms with Gasteiger partial charge < -0.3 is 19.0 Å². The van der Waals surface area contributed by atoms with Crippen LogP contribution in [0.1, 0.15) is 67.9 Å². The van der Waals surface area contributed by atoms with Gasteiger partial charge in [-0.3, -0.25) is 4.79 Å². The van der Waals surface area contributed by atoms with Crippen molar-refractivity contribution in [2.24, 2.45) is 0 Å². The molecule has 0 aliphatic heterocycles. The van der Waals surface area contributed by atoms with Crippen molar-refractivity contribution in [3.8, 4) is 11.5 Å². The second-order valence-electron chi connectivity index (χ2n) is 7.47. The van der Waals surface area contributed by atoms with Gasteiger partial charge in [-0.05, 0) is 36.5 Å². The maximum Gasteiger partial charge on any atom is 0.339 e. The zero-order chi connectivity index (χ0) is 21.8. The largest absolute Gasteiger partial charge is 0.497 e. The number of carbonyl (C=O) groups excluding carboxylic acids is 1. The van der Waals surface area contributed by atoms with Gasteiger partial charge in [0.25, 0.3) is 0 Å². The number of rotatable bonds is 9. The number of hydrogen-bond acceptors (Lipinski definition) is 5. The molecule has 6 nitrogen and oxygen atoms in total. The van der Waals surface area contributed by atoms with Crippen LogP contribution in [-0.4, -0.2) is 24.2 Å². The third-order valence-electron chi connectivity index (χ3n) is 5.24. The fraction of sp³-hybridized carbons (Fsp3) is 0.417. The van der Waals surface area contributed by atoms with E-state index < -0.39 is 11.9 Å². The van der Waals surface area contributed by atoms with Gasteiger partial charge in [-0.2, -0.15) is 0 Å². The van der Waals surface area contributed by atoms with Gasteiger partial charge in [0, 0.05) is 29.8 Å². The highest BCUT2D eigenvalue weighted by Gasteiger charge is 2.26. The average Bonchev–Trinajstić information content (AvgIpc) is 3.05. The number of ether oxygens (including phenoxy) is 2. The lowest BCUT2D eigenvalue weighted by Crippen LogP contribution is -2.11. The molecule has 1 N–H and O–H groups in total. The molecule has 0 unspecified atom stereocenters. The minimum atomic E-state index is -1.11. The molecule has 0 spiro atoms. The lowest BCUT2D eigenvalue weighted by molar-refractivity contribution is -0.131. The molecule has 3 aromatic rings. The first kappa shape index (κ1) is 21.7. The van der Waals surface area contributed by atoms with Crippen molar-refractivity contribution in [3.63, 3.8) is 0 Å². The molecule has 3 rings (SSSR count). The molecule has 0 saturated carbocycles. The SMILES string of the molecule is CCCCCc1c(C(=O)O)c(OC(C)=O)cc2oc3cc(OC)cc(CCC)c3c12. The predicted molar refractivity (Wildman–Crippen MR) is 116 cm³/mol. The highest BCUT2D eigenvalue weighted by atomic mass is 16.5. The Bertz CT molecular complexity index is 1090. The summed E-state index contributed by atoms with van der Waals surface area (Å²) >= 11 is 0. The summed E-state index contributed by atoms with van der Waals surface area (Å²) in [7, 11) is 1.61. The maximum atomic E-state index is 12.2. The van der Waals surface area contributed by atoms with E-state index in [1.165, 1.54) is 13.0 Å². The molecule has 0 radical (unpaired) electrons. The Morgan fingerprint density at radius 3 is 2.33 bits per heavy atom. The maximum absolute atomic E-state index is 12.2. The summed E-state index contributed by atoms with van der Waals surface area (Å²) < 4.78 is 16.8. The average molecular weight is 412 g/mol. The third kappa shape index (κ3) is 4.13. The first-order valence-corrected chi connectivity index (χ1v) is 10.4. The van der Waals surface area contributed by atoms with Crippen molar-refractivity contribution in [3.05, 3.63) is 34.9 Å². The van der Waals surface area contributed by atoms with Crippen LogP contribution in [0.3, 0.4) is 0 Å². The standard InChI is InChI=1S/C24H28O6/c1-5-7-8-10-17-22-19(13-20(29-14(3)25)23(17)24(26)27)30-18-12-16(28-4)11-15(9-6-2)21(18)22/h11-13H,5-10H2,1-4H3,(H,26,27). The van der Waals surface area contributed by atoms with Gasteiger partial charge in [0.1, 0.15) is 28.2 Å². The number of aromatic carboxylic acids is 1. The molecular weight excluding hydrogens is 384 g/mol. The van der Waals surface area contributed by atoms with E-state index in [0.717, 1.165) is 48.4 Å². The summed E-state index contributed by atoms with van der Waals surface area (Å²) in [6.07, 6.45) is 5.13. The Balaban J connectivity index is 2.42. The molecule has 0 aliphatic rings. The predicted octanol–water partition coefficient (Wildman–Crippen LogP) is 5.90. The van der Waals surface area contributed by atoms with E-state index in [1.54, 1.807) is 7.11 Å². The van der Waals surface area contributed by atoms with Crippen LogP contribution in [0.15, 0.2) is 22.6 Å².